The molecule has 2 aromatic rings. The van der Waals surface area contributed by atoms with E-state index in [1.165, 1.54) is 25.7 Å². The van der Waals surface area contributed by atoms with Crippen molar-refractivity contribution in [3.63, 3.8) is 0 Å². The Morgan fingerprint density at radius 3 is 2.77 bits per heavy atom. The first-order valence-electron chi connectivity index (χ1n) is 11.2. The van der Waals surface area contributed by atoms with Crippen LogP contribution in [-0.4, -0.2) is 51.8 Å². The van der Waals surface area contributed by atoms with Crippen molar-refractivity contribution in [3.8, 4) is 0 Å². The standard InChI is InChI=1S/C23H33N5O2/c1-15(2)18-7-4-3-6-16(18)12-25-22(29)20-8-5-9-21-26-19(14-28(20)21)23(30)27-11-10-17(24)13-27/h5,8-9,14-18H,3-4,6-7,10-13,24H2,1-2H3,(H,25,29). The molecule has 1 aliphatic carbocycles. The molecule has 30 heavy (non-hydrogen) atoms. The summed E-state index contributed by atoms with van der Waals surface area (Å²) in [6, 6.07) is 5.44. The molecule has 4 rings (SSSR count). The van der Waals surface area contributed by atoms with E-state index in [1.807, 2.05) is 12.1 Å². The van der Waals surface area contributed by atoms with Crippen molar-refractivity contribution in [2.24, 2.45) is 23.5 Å². The van der Waals surface area contributed by atoms with Crippen molar-refractivity contribution in [1.29, 1.82) is 0 Å². The lowest BCUT2D eigenvalue weighted by atomic mass is 9.73. The molecule has 2 aliphatic rings. The maximum atomic E-state index is 13.0. The third-order valence-corrected chi connectivity index (χ3v) is 6.80. The van der Waals surface area contributed by atoms with Gasteiger partial charge in [0.1, 0.15) is 17.0 Å². The van der Waals surface area contributed by atoms with Crippen molar-refractivity contribution < 1.29 is 9.59 Å². The van der Waals surface area contributed by atoms with Gasteiger partial charge < -0.3 is 16.0 Å². The largest absolute Gasteiger partial charge is 0.350 e. The van der Waals surface area contributed by atoms with Gasteiger partial charge in [-0.25, -0.2) is 4.98 Å². The molecule has 3 atom stereocenters. The van der Waals surface area contributed by atoms with Crippen molar-refractivity contribution in [2.45, 2.75) is 52.0 Å². The predicted molar refractivity (Wildman–Crippen MR) is 116 cm³/mol. The van der Waals surface area contributed by atoms with Gasteiger partial charge in [-0.2, -0.15) is 0 Å². The smallest absolute Gasteiger partial charge is 0.274 e. The van der Waals surface area contributed by atoms with Crippen LogP contribution < -0.4 is 11.1 Å². The maximum absolute atomic E-state index is 13.0. The van der Waals surface area contributed by atoms with Crippen molar-refractivity contribution in [3.05, 3.63) is 35.8 Å². The van der Waals surface area contributed by atoms with E-state index in [0.717, 1.165) is 6.42 Å². The first-order chi connectivity index (χ1) is 14.4. The number of nitrogens with one attached hydrogen (secondary N) is 1. The number of amides is 2. The molecule has 2 amide bonds. The van der Waals surface area contributed by atoms with Crippen LogP contribution in [0.15, 0.2) is 24.4 Å². The van der Waals surface area contributed by atoms with Crippen LogP contribution in [0.25, 0.3) is 5.65 Å². The first kappa shape index (κ1) is 20.8. The third-order valence-electron chi connectivity index (χ3n) is 6.80. The lowest BCUT2D eigenvalue weighted by Crippen LogP contribution is -2.36. The molecule has 1 saturated carbocycles. The summed E-state index contributed by atoms with van der Waals surface area (Å²) < 4.78 is 1.72. The van der Waals surface area contributed by atoms with Gasteiger partial charge in [0.25, 0.3) is 11.8 Å². The van der Waals surface area contributed by atoms with E-state index in [0.29, 0.717) is 54.4 Å². The molecular formula is C23H33N5O2. The van der Waals surface area contributed by atoms with Crippen molar-refractivity contribution >= 4 is 17.5 Å². The number of nitrogens with two attached hydrogens (primary N) is 1. The molecule has 3 N–H and O–H groups in total. The normalized spacial score (nSPS) is 24.5. The number of hydrogen-bond donors (Lipinski definition) is 2. The van der Waals surface area contributed by atoms with E-state index in [-0.39, 0.29) is 17.9 Å². The minimum Gasteiger partial charge on any atom is -0.350 e. The van der Waals surface area contributed by atoms with Gasteiger partial charge in [-0.3, -0.25) is 14.0 Å². The average Bonchev–Trinajstić information content (AvgIpc) is 3.37. The second kappa shape index (κ2) is 8.76. The molecule has 2 aromatic heterocycles. The Balaban J connectivity index is 1.49. The Morgan fingerprint density at radius 1 is 1.23 bits per heavy atom. The number of aromatic nitrogens is 2. The Hall–Kier alpha value is -2.41. The third kappa shape index (κ3) is 4.21. The van der Waals surface area contributed by atoms with Crippen LogP contribution in [0.1, 0.15) is 66.9 Å². The van der Waals surface area contributed by atoms with E-state index in [1.54, 1.807) is 21.6 Å². The Labute approximate surface area is 178 Å². The molecule has 0 radical (unpaired) electrons. The van der Waals surface area contributed by atoms with Gasteiger partial charge in [0.15, 0.2) is 0 Å². The van der Waals surface area contributed by atoms with Crippen LogP contribution >= 0.6 is 0 Å². The van der Waals surface area contributed by atoms with Crippen molar-refractivity contribution in [1.82, 2.24) is 19.6 Å². The molecule has 162 valence electrons. The number of fused-ring (bicyclic) bond motifs is 1. The van der Waals surface area contributed by atoms with Crippen LogP contribution in [0.2, 0.25) is 0 Å². The molecule has 2 fully saturated rings. The van der Waals surface area contributed by atoms with Gasteiger partial charge in [-0.1, -0.05) is 32.8 Å². The second-order valence-corrected chi connectivity index (χ2v) is 9.23. The number of imidazole rings is 1. The highest BCUT2D eigenvalue weighted by Gasteiger charge is 2.29. The van der Waals surface area contributed by atoms with Gasteiger partial charge in [0.2, 0.25) is 0 Å². The molecule has 1 aliphatic heterocycles. The summed E-state index contributed by atoms with van der Waals surface area (Å²) in [7, 11) is 0. The number of likely N-dealkylation sites (tertiary alicyclic amines) is 1. The SMILES string of the molecule is CC(C)C1CCCCC1CNC(=O)c1cccc2nc(C(=O)N3CCC(N)C3)cn12. The average molecular weight is 412 g/mol. The molecule has 3 unspecified atom stereocenters. The van der Waals surface area contributed by atoms with E-state index in [2.05, 4.69) is 24.1 Å². The summed E-state index contributed by atoms with van der Waals surface area (Å²) >= 11 is 0. The zero-order valence-corrected chi connectivity index (χ0v) is 18.0. The summed E-state index contributed by atoms with van der Waals surface area (Å²) in [6.07, 6.45) is 7.45. The highest BCUT2D eigenvalue weighted by molar-refractivity contribution is 5.95. The second-order valence-electron chi connectivity index (χ2n) is 9.23. The number of rotatable bonds is 5. The molecule has 3 heterocycles. The number of carbonyl (C=O) groups excluding carboxylic acids is 2. The number of hydrogen-bond acceptors (Lipinski definition) is 4. The minimum atomic E-state index is -0.125. The van der Waals surface area contributed by atoms with Gasteiger partial charge in [-0.05, 0) is 49.1 Å². The zero-order chi connectivity index (χ0) is 21.3. The quantitative estimate of drug-likeness (QED) is 0.791. The maximum Gasteiger partial charge on any atom is 0.274 e. The molecule has 0 bridgehead atoms. The molecule has 1 saturated heterocycles. The number of carbonyl (C=O) groups is 2. The highest BCUT2D eigenvalue weighted by atomic mass is 16.2. The topological polar surface area (TPSA) is 92.7 Å². The summed E-state index contributed by atoms with van der Waals surface area (Å²) in [5, 5.41) is 3.15. The fraction of sp³-hybridized carbons (Fsp3) is 0.609. The summed E-state index contributed by atoms with van der Waals surface area (Å²) in [6.45, 7) is 6.47. The van der Waals surface area contributed by atoms with E-state index < -0.39 is 0 Å². The van der Waals surface area contributed by atoms with Crippen LogP contribution in [0, 0.1) is 17.8 Å². The molecular weight excluding hydrogens is 378 g/mol. The lowest BCUT2D eigenvalue weighted by Gasteiger charge is -2.34. The Kier molecular flexibility index (Phi) is 6.09. The molecule has 7 nitrogen and oxygen atoms in total. The van der Waals surface area contributed by atoms with Gasteiger partial charge >= 0.3 is 0 Å². The fourth-order valence-corrected chi connectivity index (χ4v) is 5.11. The van der Waals surface area contributed by atoms with E-state index in [4.69, 9.17) is 5.73 Å². The number of pyridine rings is 1. The van der Waals surface area contributed by atoms with E-state index in [9.17, 15) is 9.59 Å². The highest BCUT2D eigenvalue weighted by Crippen LogP contribution is 2.34. The van der Waals surface area contributed by atoms with E-state index >= 15 is 0 Å². The van der Waals surface area contributed by atoms with Crippen LogP contribution in [0.3, 0.4) is 0 Å². The zero-order valence-electron chi connectivity index (χ0n) is 18.0. The summed E-state index contributed by atoms with van der Waals surface area (Å²) in [5.41, 5.74) is 7.40. The molecule has 7 heteroatoms. The lowest BCUT2D eigenvalue weighted by molar-refractivity contribution is 0.0785. The Bertz CT molecular complexity index is 921. The van der Waals surface area contributed by atoms with Gasteiger partial charge in [0, 0.05) is 31.9 Å². The predicted octanol–water partition coefficient (Wildman–Crippen LogP) is 2.70. The molecule has 0 aromatic carbocycles. The molecule has 0 spiro atoms. The minimum absolute atomic E-state index is 0.0294. The fourth-order valence-electron chi connectivity index (χ4n) is 5.11. The van der Waals surface area contributed by atoms with Crippen LogP contribution in [0.5, 0.6) is 0 Å². The Morgan fingerprint density at radius 2 is 2.03 bits per heavy atom. The first-order valence-corrected chi connectivity index (χ1v) is 11.2. The van der Waals surface area contributed by atoms with Crippen molar-refractivity contribution in [2.75, 3.05) is 19.6 Å². The van der Waals surface area contributed by atoms with Crippen LogP contribution in [-0.2, 0) is 0 Å². The van der Waals surface area contributed by atoms with Gasteiger partial charge in [0.05, 0.1) is 0 Å². The monoisotopic (exact) mass is 411 g/mol. The summed E-state index contributed by atoms with van der Waals surface area (Å²) in [5.74, 6) is 1.59. The number of nitrogens with zero attached hydrogens (tertiary/aromatic N) is 3. The van der Waals surface area contributed by atoms with Gasteiger partial charge in [-0.15, -0.1) is 0 Å². The summed E-state index contributed by atoms with van der Waals surface area (Å²) in [4.78, 5) is 32.0. The van der Waals surface area contributed by atoms with Crippen LogP contribution in [0.4, 0.5) is 0 Å².